The molecule has 0 atom stereocenters. The monoisotopic (exact) mass is 283 g/mol. The summed E-state index contributed by atoms with van der Waals surface area (Å²) in [5.41, 5.74) is 1.59. The Bertz CT molecular complexity index is 554. The van der Waals surface area contributed by atoms with Crippen molar-refractivity contribution >= 4 is 34.8 Å². The predicted octanol–water partition coefficient (Wildman–Crippen LogP) is 2.76. The van der Waals surface area contributed by atoms with Crippen molar-refractivity contribution in [3.8, 4) is 0 Å². The number of nitrogens with one attached hydrogen (secondary N) is 1. The van der Waals surface area contributed by atoms with Gasteiger partial charge in [-0.25, -0.2) is 0 Å². The first-order chi connectivity index (χ1) is 8.69. The second kappa shape index (κ2) is 5.89. The molecular formula is C12H11Cl2N3O. The molecule has 0 spiro atoms. The summed E-state index contributed by atoms with van der Waals surface area (Å²) in [6, 6.07) is 7.56. The van der Waals surface area contributed by atoms with Crippen LogP contribution < -0.4 is 5.32 Å². The smallest absolute Gasteiger partial charge is 0.239 e. The number of carbonyl (C=O) groups excluding carboxylic acids is 1. The Labute approximate surface area is 115 Å². The Hall–Kier alpha value is -1.52. The Kier molecular flexibility index (Phi) is 4.23. The van der Waals surface area contributed by atoms with Crippen molar-refractivity contribution in [3.63, 3.8) is 0 Å². The third-order valence-corrected chi connectivity index (χ3v) is 2.94. The molecule has 1 amide bonds. The normalized spacial score (nSPS) is 10.3. The van der Waals surface area contributed by atoms with Gasteiger partial charge in [-0.3, -0.25) is 9.48 Å². The molecule has 4 nitrogen and oxygen atoms in total. The molecule has 2 rings (SSSR count). The molecule has 0 radical (unpaired) electrons. The summed E-state index contributed by atoms with van der Waals surface area (Å²) in [5.74, 6) is -0.329. The Balaban J connectivity index is 2.07. The fourth-order valence-corrected chi connectivity index (χ4v) is 1.77. The molecule has 0 aliphatic heterocycles. The van der Waals surface area contributed by atoms with E-state index in [-0.39, 0.29) is 11.8 Å². The van der Waals surface area contributed by atoms with Crippen LogP contribution in [0.5, 0.6) is 0 Å². The third kappa shape index (κ3) is 3.24. The molecule has 0 saturated carbocycles. The van der Waals surface area contributed by atoms with Crippen LogP contribution in [-0.4, -0.2) is 21.6 Å². The topological polar surface area (TPSA) is 46.9 Å². The van der Waals surface area contributed by atoms with Gasteiger partial charge >= 0.3 is 0 Å². The first-order valence-corrected chi connectivity index (χ1v) is 6.22. The maximum Gasteiger partial charge on any atom is 0.239 e. The van der Waals surface area contributed by atoms with Crippen molar-refractivity contribution in [2.45, 2.75) is 6.54 Å². The lowest BCUT2D eigenvalue weighted by molar-refractivity contribution is -0.113. The van der Waals surface area contributed by atoms with Crippen molar-refractivity contribution in [3.05, 3.63) is 47.2 Å². The molecule has 18 heavy (non-hydrogen) atoms. The van der Waals surface area contributed by atoms with Crippen LogP contribution in [0.2, 0.25) is 5.02 Å². The van der Waals surface area contributed by atoms with E-state index in [9.17, 15) is 4.79 Å². The number of nitrogens with zero attached hydrogens (tertiary/aromatic N) is 2. The van der Waals surface area contributed by atoms with E-state index in [1.165, 1.54) is 0 Å². The van der Waals surface area contributed by atoms with Crippen LogP contribution in [0.4, 0.5) is 5.69 Å². The Morgan fingerprint density at radius 1 is 1.39 bits per heavy atom. The molecule has 0 aliphatic rings. The Morgan fingerprint density at radius 3 is 2.89 bits per heavy atom. The van der Waals surface area contributed by atoms with Gasteiger partial charge in [0.15, 0.2) is 0 Å². The van der Waals surface area contributed by atoms with Crippen molar-refractivity contribution in [1.82, 2.24) is 9.78 Å². The zero-order valence-corrected chi connectivity index (χ0v) is 10.9. The second-order valence-electron chi connectivity index (χ2n) is 3.70. The summed E-state index contributed by atoms with van der Waals surface area (Å²) in [6.45, 7) is 0.552. The van der Waals surface area contributed by atoms with E-state index >= 15 is 0 Å². The summed E-state index contributed by atoms with van der Waals surface area (Å²) in [4.78, 5) is 11.1. The van der Waals surface area contributed by atoms with Crippen LogP contribution in [0, 0.1) is 0 Å². The van der Waals surface area contributed by atoms with Gasteiger partial charge in [-0.05, 0) is 11.6 Å². The highest BCUT2D eigenvalue weighted by atomic mass is 35.5. The molecule has 2 aromatic rings. The van der Waals surface area contributed by atoms with Crippen molar-refractivity contribution < 1.29 is 4.79 Å². The van der Waals surface area contributed by atoms with E-state index in [2.05, 4.69) is 10.4 Å². The molecule has 6 heteroatoms. The average Bonchev–Trinajstić information content (AvgIpc) is 2.79. The average molecular weight is 284 g/mol. The highest BCUT2D eigenvalue weighted by molar-refractivity contribution is 6.31. The van der Waals surface area contributed by atoms with E-state index < -0.39 is 0 Å². The molecular weight excluding hydrogens is 273 g/mol. The fourth-order valence-electron chi connectivity index (χ4n) is 1.51. The van der Waals surface area contributed by atoms with Crippen molar-refractivity contribution in [2.75, 3.05) is 11.2 Å². The molecule has 1 aromatic carbocycles. The van der Waals surface area contributed by atoms with Crippen LogP contribution in [0.3, 0.4) is 0 Å². The minimum Gasteiger partial charge on any atom is -0.322 e. The van der Waals surface area contributed by atoms with E-state index in [0.717, 1.165) is 5.56 Å². The largest absolute Gasteiger partial charge is 0.322 e. The highest BCUT2D eigenvalue weighted by Gasteiger charge is 2.04. The van der Waals surface area contributed by atoms with Crippen LogP contribution in [0.1, 0.15) is 5.56 Å². The minimum atomic E-state index is -0.256. The van der Waals surface area contributed by atoms with Crippen LogP contribution in [0.15, 0.2) is 36.7 Å². The zero-order valence-electron chi connectivity index (χ0n) is 9.44. The van der Waals surface area contributed by atoms with E-state index in [0.29, 0.717) is 17.3 Å². The molecule has 0 fully saturated rings. The first kappa shape index (κ1) is 12.9. The standard InChI is InChI=1S/C12H11Cl2N3O/c13-5-12(18)16-10-6-15-17(8-10)7-9-3-1-2-4-11(9)14/h1-4,6,8H,5,7H2,(H,16,18). The van der Waals surface area contributed by atoms with Crippen LogP contribution in [0.25, 0.3) is 0 Å². The fraction of sp³-hybridized carbons (Fsp3) is 0.167. The molecule has 1 heterocycles. The molecule has 0 aliphatic carbocycles. The number of carbonyl (C=O) groups is 1. The lowest BCUT2D eigenvalue weighted by Crippen LogP contribution is -2.11. The number of rotatable bonds is 4. The molecule has 1 N–H and O–H groups in total. The van der Waals surface area contributed by atoms with Gasteiger partial charge in [-0.2, -0.15) is 5.10 Å². The predicted molar refractivity (Wildman–Crippen MR) is 72.1 cm³/mol. The number of halogens is 2. The van der Waals surface area contributed by atoms with Gasteiger partial charge in [0, 0.05) is 11.2 Å². The number of benzene rings is 1. The number of anilines is 1. The lowest BCUT2D eigenvalue weighted by atomic mass is 10.2. The highest BCUT2D eigenvalue weighted by Crippen LogP contribution is 2.16. The maximum atomic E-state index is 11.1. The van der Waals surface area contributed by atoms with Crippen LogP contribution in [-0.2, 0) is 11.3 Å². The molecule has 94 valence electrons. The summed E-state index contributed by atoms with van der Waals surface area (Å²) >= 11 is 11.5. The maximum absolute atomic E-state index is 11.1. The number of aromatic nitrogens is 2. The number of hydrogen-bond donors (Lipinski definition) is 1. The summed E-state index contributed by atoms with van der Waals surface area (Å²) < 4.78 is 1.70. The van der Waals surface area contributed by atoms with Crippen molar-refractivity contribution in [1.29, 1.82) is 0 Å². The third-order valence-electron chi connectivity index (χ3n) is 2.33. The number of alkyl halides is 1. The van der Waals surface area contributed by atoms with Gasteiger partial charge in [0.1, 0.15) is 5.88 Å². The lowest BCUT2D eigenvalue weighted by Gasteiger charge is -2.03. The van der Waals surface area contributed by atoms with Gasteiger partial charge in [0.25, 0.3) is 0 Å². The molecule has 0 unspecified atom stereocenters. The minimum absolute atomic E-state index is 0.0737. The molecule has 1 aromatic heterocycles. The first-order valence-electron chi connectivity index (χ1n) is 5.30. The SMILES string of the molecule is O=C(CCl)Nc1cnn(Cc2ccccc2Cl)c1. The van der Waals surface area contributed by atoms with Gasteiger partial charge < -0.3 is 5.32 Å². The quantitative estimate of drug-likeness (QED) is 0.877. The van der Waals surface area contributed by atoms with Gasteiger partial charge in [-0.1, -0.05) is 29.8 Å². The van der Waals surface area contributed by atoms with E-state index in [4.69, 9.17) is 23.2 Å². The molecule has 0 bridgehead atoms. The van der Waals surface area contributed by atoms with Crippen LogP contribution >= 0.6 is 23.2 Å². The second-order valence-corrected chi connectivity index (χ2v) is 4.37. The Morgan fingerprint density at radius 2 is 2.17 bits per heavy atom. The summed E-state index contributed by atoms with van der Waals surface area (Å²) in [5, 5.41) is 7.46. The number of amides is 1. The van der Waals surface area contributed by atoms with Crippen molar-refractivity contribution in [2.24, 2.45) is 0 Å². The van der Waals surface area contributed by atoms with E-state index in [1.807, 2.05) is 24.3 Å². The van der Waals surface area contributed by atoms with E-state index in [1.54, 1.807) is 17.1 Å². The van der Waals surface area contributed by atoms with Gasteiger partial charge in [-0.15, -0.1) is 11.6 Å². The zero-order chi connectivity index (χ0) is 13.0. The summed E-state index contributed by atoms with van der Waals surface area (Å²) in [7, 11) is 0. The van der Waals surface area contributed by atoms with Gasteiger partial charge in [0.05, 0.1) is 18.4 Å². The molecule has 0 saturated heterocycles. The summed E-state index contributed by atoms with van der Waals surface area (Å²) in [6.07, 6.45) is 3.30. The van der Waals surface area contributed by atoms with Gasteiger partial charge in [0.2, 0.25) is 5.91 Å². The number of hydrogen-bond acceptors (Lipinski definition) is 2.